The zero-order chi connectivity index (χ0) is 23.1. The van der Waals surface area contributed by atoms with E-state index < -0.39 is 35.5 Å². The Morgan fingerprint density at radius 3 is 2.41 bits per heavy atom. The third-order valence-electron chi connectivity index (χ3n) is 6.39. The third kappa shape index (κ3) is 4.93. The molecule has 0 amide bonds. The number of benzene rings is 2. The molecule has 0 spiro atoms. The minimum Gasteiger partial charge on any atom is -0.356 e. The molecule has 0 N–H and O–H groups in total. The smallest absolute Gasteiger partial charge is 0.257 e. The van der Waals surface area contributed by atoms with E-state index >= 15 is 4.39 Å². The molecular formula is C24H25ClF4N2S. The lowest BCUT2D eigenvalue weighted by atomic mass is 9.79. The number of aryl methyl sites for hydroxylation is 1. The maximum atomic E-state index is 15.7. The lowest BCUT2D eigenvalue weighted by Crippen LogP contribution is -2.48. The predicted molar refractivity (Wildman–Crippen MR) is 123 cm³/mol. The molecule has 0 radical (unpaired) electrons. The van der Waals surface area contributed by atoms with E-state index in [4.69, 9.17) is 11.6 Å². The summed E-state index contributed by atoms with van der Waals surface area (Å²) in [5.41, 5.74) is -0.287. The fourth-order valence-corrected chi connectivity index (χ4v) is 5.46. The lowest BCUT2D eigenvalue weighted by Gasteiger charge is -2.42. The first kappa shape index (κ1) is 23.4. The van der Waals surface area contributed by atoms with Gasteiger partial charge in [0.05, 0.1) is 5.75 Å². The molecule has 5 rings (SSSR count). The van der Waals surface area contributed by atoms with Crippen molar-refractivity contribution in [2.75, 3.05) is 18.8 Å². The number of alkyl halides is 3. The summed E-state index contributed by atoms with van der Waals surface area (Å²) in [4.78, 5) is 7.06. The first-order valence-corrected chi connectivity index (χ1v) is 12.0. The third-order valence-corrected chi connectivity index (χ3v) is 7.96. The summed E-state index contributed by atoms with van der Waals surface area (Å²) in [5.74, 6) is -4.29. The monoisotopic (exact) mass is 484 g/mol. The van der Waals surface area contributed by atoms with Crippen LogP contribution in [0.2, 0.25) is 5.02 Å². The van der Waals surface area contributed by atoms with Gasteiger partial charge in [-0.25, -0.2) is 22.6 Å². The quantitative estimate of drug-likeness (QED) is 0.391. The second kappa shape index (κ2) is 8.90. The SMILES string of the molecule is Cc1cc(F)c2cc1SCC(F)(F)CC(C)C1(F)CCN(CC1)C(c1ccc(Cl)cc1)=N2. The van der Waals surface area contributed by atoms with Crippen molar-refractivity contribution in [3.05, 3.63) is 58.4 Å². The Kier molecular flexibility index (Phi) is 6.52. The Morgan fingerprint density at radius 2 is 1.75 bits per heavy atom. The minimum absolute atomic E-state index is 0.0777. The van der Waals surface area contributed by atoms with E-state index in [1.54, 1.807) is 38.1 Å². The summed E-state index contributed by atoms with van der Waals surface area (Å²) in [5, 5.41) is 0.562. The van der Waals surface area contributed by atoms with Crippen molar-refractivity contribution in [3.8, 4) is 0 Å². The first-order chi connectivity index (χ1) is 15.1. The van der Waals surface area contributed by atoms with Crippen LogP contribution >= 0.6 is 23.4 Å². The molecule has 3 heterocycles. The standard InChI is InChI=1S/C24H25ClF4N2S/c1-15-11-19(26)20-12-21(15)32-14-24(28,29)13-16(2)23(27)7-9-31(10-8-23)22(30-20)17-3-5-18(25)6-4-17/h3-6,11-12,16H,7-10,13-14H2,1-2H3. The number of thioether (sulfide) groups is 1. The number of aliphatic imine (C=N–C) groups is 1. The van der Waals surface area contributed by atoms with Crippen molar-refractivity contribution < 1.29 is 17.6 Å². The van der Waals surface area contributed by atoms with Crippen LogP contribution in [-0.4, -0.2) is 41.2 Å². The van der Waals surface area contributed by atoms with Crippen molar-refractivity contribution in [3.63, 3.8) is 0 Å². The summed E-state index contributed by atoms with van der Waals surface area (Å²) in [7, 11) is 0. The second-order valence-electron chi connectivity index (χ2n) is 8.78. The van der Waals surface area contributed by atoms with E-state index in [9.17, 15) is 13.2 Å². The number of rotatable bonds is 1. The van der Waals surface area contributed by atoms with Gasteiger partial charge in [0.25, 0.3) is 5.92 Å². The Bertz CT molecular complexity index is 1020. The summed E-state index contributed by atoms with van der Waals surface area (Å²) in [6.45, 7) is 3.88. The summed E-state index contributed by atoms with van der Waals surface area (Å²) in [6.07, 6.45) is -0.279. The Hall–Kier alpha value is -1.73. The highest BCUT2D eigenvalue weighted by Crippen LogP contribution is 2.42. The van der Waals surface area contributed by atoms with Crippen LogP contribution in [0.3, 0.4) is 0 Å². The highest BCUT2D eigenvalue weighted by Gasteiger charge is 2.45. The Labute approximate surface area is 195 Å². The predicted octanol–water partition coefficient (Wildman–Crippen LogP) is 7.44. The van der Waals surface area contributed by atoms with Crippen molar-refractivity contribution in [2.45, 2.75) is 49.6 Å². The van der Waals surface area contributed by atoms with Gasteiger partial charge in [-0.1, -0.05) is 18.5 Å². The largest absolute Gasteiger partial charge is 0.356 e. The average molecular weight is 485 g/mol. The van der Waals surface area contributed by atoms with E-state index in [2.05, 4.69) is 4.99 Å². The van der Waals surface area contributed by atoms with Gasteiger partial charge >= 0.3 is 0 Å². The molecule has 1 fully saturated rings. The van der Waals surface area contributed by atoms with E-state index in [0.29, 0.717) is 34.4 Å². The molecule has 2 aromatic carbocycles. The lowest BCUT2D eigenvalue weighted by molar-refractivity contribution is -0.0460. The molecule has 8 heteroatoms. The van der Waals surface area contributed by atoms with Crippen LogP contribution in [-0.2, 0) is 0 Å². The zero-order valence-electron chi connectivity index (χ0n) is 18.0. The maximum absolute atomic E-state index is 15.7. The van der Waals surface area contributed by atoms with Gasteiger partial charge < -0.3 is 4.90 Å². The Morgan fingerprint density at radius 1 is 1.09 bits per heavy atom. The van der Waals surface area contributed by atoms with E-state index in [1.807, 2.05) is 4.90 Å². The zero-order valence-corrected chi connectivity index (χ0v) is 19.5. The van der Waals surface area contributed by atoms with Crippen molar-refractivity contribution in [1.29, 1.82) is 0 Å². The van der Waals surface area contributed by atoms with Gasteiger partial charge in [-0.05, 0) is 67.6 Å². The molecule has 0 aliphatic carbocycles. The maximum Gasteiger partial charge on any atom is 0.257 e. The van der Waals surface area contributed by atoms with Crippen LogP contribution in [0.5, 0.6) is 0 Å². The van der Waals surface area contributed by atoms with Crippen LogP contribution in [0.15, 0.2) is 46.3 Å². The highest BCUT2D eigenvalue weighted by atomic mass is 35.5. The fourth-order valence-electron chi connectivity index (χ4n) is 4.37. The normalized spacial score (nSPS) is 22.9. The highest BCUT2D eigenvalue weighted by molar-refractivity contribution is 7.99. The number of fused-ring (bicyclic) bond motifs is 6. The van der Waals surface area contributed by atoms with Crippen LogP contribution in [0.1, 0.15) is 37.3 Å². The van der Waals surface area contributed by atoms with E-state index in [0.717, 1.165) is 17.3 Å². The first-order valence-electron chi connectivity index (χ1n) is 10.7. The molecule has 4 bridgehead atoms. The molecule has 1 unspecified atom stereocenters. The van der Waals surface area contributed by atoms with Gasteiger partial charge in [0.1, 0.15) is 23.0 Å². The van der Waals surface area contributed by atoms with Gasteiger partial charge in [0.2, 0.25) is 0 Å². The number of hydrogen-bond acceptors (Lipinski definition) is 3. The molecular weight excluding hydrogens is 460 g/mol. The van der Waals surface area contributed by atoms with Gasteiger partial charge in [-0.2, -0.15) is 0 Å². The van der Waals surface area contributed by atoms with Gasteiger partial charge in [0.15, 0.2) is 0 Å². The molecule has 1 saturated heterocycles. The van der Waals surface area contributed by atoms with Gasteiger partial charge in [-0.15, -0.1) is 11.8 Å². The molecule has 3 aliphatic heterocycles. The summed E-state index contributed by atoms with van der Waals surface area (Å²) >= 11 is 6.99. The van der Waals surface area contributed by atoms with Crippen LogP contribution in [0.25, 0.3) is 0 Å². The minimum atomic E-state index is -3.02. The van der Waals surface area contributed by atoms with Gasteiger partial charge in [-0.3, -0.25) is 0 Å². The van der Waals surface area contributed by atoms with Crippen molar-refractivity contribution in [1.82, 2.24) is 4.90 Å². The second-order valence-corrected chi connectivity index (χ2v) is 10.2. The van der Waals surface area contributed by atoms with Crippen molar-refractivity contribution in [2.24, 2.45) is 10.9 Å². The molecule has 2 nitrogen and oxygen atoms in total. The van der Waals surface area contributed by atoms with Gasteiger partial charge in [0, 0.05) is 35.0 Å². The topological polar surface area (TPSA) is 15.6 Å². The van der Waals surface area contributed by atoms with Crippen LogP contribution < -0.4 is 0 Å². The van der Waals surface area contributed by atoms with E-state index in [-0.39, 0.29) is 18.5 Å². The summed E-state index contributed by atoms with van der Waals surface area (Å²) in [6, 6.07) is 9.91. The summed E-state index contributed by atoms with van der Waals surface area (Å²) < 4.78 is 59.9. The molecule has 32 heavy (non-hydrogen) atoms. The number of hydrogen-bond donors (Lipinski definition) is 0. The van der Waals surface area contributed by atoms with E-state index in [1.165, 1.54) is 12.1 Å². The van der Waals surface area contributed by atoms with Crippen molar-refractivity contribution >= 4 is 34.9 Å². The average Bonchev–Trinajstić information content (AvgIpc) is 2.73. The molecule has 1 atom stereocenters. The Balaban J connectivity index is 1.84. The molecule has 0 saturated carbocycles. The number of amidine groups is 1. The van der Waals surface area contributed by atoms with Crippen LogP contribution in [0.4, 0.5) is 23.2 Å². The molecule has 2 aromatic rings. The molecule has 172 valence electrons. The fraction of sp³-hybridized carbons (Fsp3) is 0.458. The number of nitrogens with zero attached hydrogens (tertiary/aromatic N) is 2. The molecule has 3 aliphatic rings. The van der Waals surface area contributed by atoms with Crippen LogP contribution in [0, 0.1) is 18.7 Å². The molecule has 0 aromatic heterocycles. The number of halogens is 5. The number of piperidine rings is 1.